The standard InChI is InChI=1S/C15H15FN2O3S.ClH/c16-12-4-10-7-19-9-21-14(10)11(5-12)8-22-15(17)18-6-13-2-1-3-20-13;/h1-5H,6-9H2,(H2,17,18);1H. The Balaban J connectivity index is 0.00000192. The molecule has 2 N–H and O–H groups in total. The number of furan rings is 1. The van der Waals surface area contributed by atoms with Crippen LogP contribution >= 0.6 is 24.2 Å². The molecule has 5 nitrogen and oxygen atoms in total. The molecular weight excluding hydrogens is 343 g/mol. The quantitative estimate of drug-likeness (QED) is 0.669. The molecule has 0 aliphatic carbocycles. The van der Waals surface area contributed by atoms with Gasteiger partial charge in [-0.1, -0.05) is 11.8 Å². The maximum Gasteiger partial charge on any atom is 0.189 e. The van der Waals surface area contributed by atoms with E-state index in [1.165, 1.54) is 23.9 Å². The number of hydrogen-bond donors (Lipinski definition) is 1. The topological polar surface area (TPSA) is 70.0 Å². The second-order valence-corrected chi connectivity index (χ2v) is 5.68. The van der Waals surface area contributed by atoms with Gasteiger partial charge >= 0.3 is 0 Å². The lowest BCUT2D eigenvalue weighted by atomic mass is 10.1. The number of hydrogen-bond acceptors (Lipinski definition) is 5. The number of nitrogens with two attached hydrogens (primary N) is 1. The molecule has 3 rings (SSSR count). The fourth-order valence-corrected chi connectivity index (χ4v) is 2.79. The molecule has 1 aliphatic heterocycles. The molecule has 0 spiro atoms. The average molecular weight is 359 g/mol. The fourth-order valence-electron chi connectivity index (χ4n) is 2.12. The summed E-state index contributed by atoms with van der Waals surface area (Å²) in [6.07, 6.45) is 1.59. The van der Waals surface area contributed by atoms with E-state index in [1.807, 2.05) is 6.07 Å². The van der Waals surface area contributed by atoms with Gasteiger partial charge in [0.25, 0.3) is 0 Å². The van der Waals surface area contributed by atoms with E-state index in [9.17, 15) is 4.39 Å². The molecule has 0 unspecified atom stereocenters. The predicted octanol–water partition coefficient (Wildman–Crippen LogP) is 3.46. The maximum atomic E-state index is 13.6. The first kappa shape index (κ1) is 17.7. The highest BCUT2D eigenvalue weighted by Gasteiger charge is 2.17. The van der Waals surface area contributed by atoms with Crippen molar-refractivity contribution in [3.63, 3.8) is 0 Å². The van der Waals surface area contributed by atoms with Crippen molar-refractivity contribution >= 4 is 29.3 Å². The minimum absolute atomic E-state index is 0. The summed E-state index contributed by atoms with van der Waals surface area (Å²) in [5.74, 6) is 1.59. The molecule has 2 aromatic rings. The number of rotatable bonds is 4. The highest BCUT2D eigenvalue weighted by atomic mass is 35.5. The van der Waals surface area contributed by atoms with Crippen molar-refractivity contribution in [2.75, 3.05) is 6.79 Å². The van der Waals surface area contributed by atoms with Crippen molar-refractivity contribution in [2.24, 2.45) is 10.7 Å². The van der Waals surface area contributed by atoms with Crippen LogP contribution in [-0.4, -0.2) is 12.0 Å². The normalized spacial score (nSPS) is 13.9. The molecule has 1 aromatic carbocycles. The van der Waals surface area contributed by atoms with Crippen LogP contribution < -0.4 is 10.5 Å². The molecule has 8 heteroatoms. The molecular formula is C15H16ClFN2O3S. The zero-order valence-corrected chi connectivity index (χ0v) is 13.8. The van der Waals surface area contributed by atoms with E-state index in [0.29, 0.717) is 35.4 Å². The third-order valence-electron chi connectivity index (χ3n) is 3.10. The highest BCUT2D eigenvalue weighted by molar-refractivity contribution is 8.13. The minimum Gasteiger partial charge on any atom is -0.467 e. The second kappa shape index (κ2) is 8.24. The van der Waals surface area contributed by atoms with Gasteiger partial charge in [-0.05, 0) is 24.3 Å². The third kappa shape index (κ3) is 4.63. The number of halogens is 2. The Bertz CT molecular complexity index is 680. The molecule has 1 aromatic heterocycles. The van der Waals surface area contributed by atoms with E-state index in [4.69, 9.17) is 19.6 Å². The zero-order chi connectivity index (χ0) is 15.4. The fraction of sp³-hybridized carbons (Fsp3) is 0.267. The van der Waals surface area contributed by atoms with Crippen LogP contribution in [0.4, 0.5) is 4.39 Å². The number of fused-ring (bicyclic) bond motifs is 1. The maximum absolute atomic E-state index is 13.6. The van der Waals surface area contributed by atoms with E-state index >= 15 is 0 Å². The summed E-state index contributed by atoms with van der Waals surface area (Å²) in [5, 5.41) is 0.418. The largest absolute Gasteiger partial charge is 0.467 e. The number of nitrogens with zero attached hydrogens (tertiary/aromatic N) is 1. The lowest BCUT2D eigenvalue weighted by Gasteiger charge is -2.20. The van der Waals surface area contributed by atoms with Crippen molar-refractivity contribution in [3.05, 3.63) is 53.2 Å². The Labute approximate surface area is 143 Å². The van der Waals surface area contributed by atoms with Crippen LogP contribution in [0.2, 0.25) is 0 Å². The summed E-state index contributed by atoms with van der Waals surface area (Å²) in [6.45, 7) is 0.919. The molecule has 0 saturated heterocycles. The van der Waals surface area contributed by atoms with Crippen molar-refractivity contribution in [1.82, 2.24) is 0 Å². The average Bonchev–Trinajstić information content (AvgIpc) is 3.04. The van der Waals surface area contributed by atoms with Gasteiger partial charge in [-0.25, -0.2) is 4.39 Å². The van der Waals surface area contributed by atoms with Gasteiger partial charge in [0, 0.05) is 16.9 Å². The van der Waals surface area contributed by atoms with Gasteiger partial charge in [0.2, 0.25) is 0 Å². The minimum atomic E-state index is -0.311. The van der Waals surface area contributed by atoms with Gasteiger partial charge in [-0.3, -0.25) is 4.99 Å². The van der Waals surface area contributed by atoms with Gasteiger partial charge in [0.1, 0.15) is 17.3 Å². The molecule has 23 heavy (non-hydrogen) atoms. The molecule has 0 fully saturated rings. The SMILES string of the molecule is Cl.NC(=NCc1ccco1)SCc1cc(F)cc2c1OCOC2. The number of aliphatic imine (C=N–C) groups is 1. The molecule has 0 atom stereocenters. The molecule has 0 radical (unpaired) electrons. The van der Waals surface area contributed by atoms with E-state index in [-0.39, 0.29) is 25.0 Å². The van der Waals surface area contributed by atoms with Crippen molar-refractivity contribution in [1.29, 1.82) is 0 Å². The van der Waals surface area contributed by atoms with Gasteiger partial charge in [-0.15, -0.1) is 12.4 Å². The monoisotopic (exact) mass is 358 g/mol. The Morgan fingerprint density at radius 1 is 1.39 bits per heavy atom. The number of benzene rings is 1. The van der Waals surface area contributed by atoms with Gasteiger partial charge in [-0.2, -0.15) is 0 Å². The second-order valence-electron chi connectivity index (χ2n) is 4.69. The first-order valence-corrected chi connectivity index (χ1v) is 7.68. The zero-order valence-electron chi connectivity index (χ0n) is 12.2. The molecule has 0 saturated carbocycles. The molecule has 1 aliphatic rings. The van der Waals surface area contributed by atoms with Crippen molar-refractivity contribution in [3.8, 4) is 5.75 Å². The van der Waals surface area contributed by atoms with Crippen LogP contribution in [0.15, 0.2) is 39.9 Å². The summed E-state index contributed by atoms with van der Waals surface area (Å²) in [6, 6.07) is 6.51. The van der Waals surface area contributed by atoms with E-state index < -0.39 is 0 Å². The lowest BCUT2D eigenvalue weighted by Crippen LogP contribution is -2.14. The Hall–Kier alpha value is -1.70. The van der Waals surface area contributed by atoms with Crippen LogP contribution in [0.1, 0.15) is 16.9 Å². The predicted molar refractivity (Wildman–Crippen MR) is 89.3 cm³/mol. The van der Waals surface area contributed by atoms with Gasteiger partial charge < -0.3 is 19.6 Å². The van der Waals surface area contributed by atoms with Crippen LogP contribution in [0, 0.1) is 5.82 Å². The summed E-state index contributed by atoms with van der Waals surface area (Å²) in [7, 11) is 0. The summed E-state index contributed by atoms with van der Waals surface area (Å²) in [5.41, 5.74) is 7.33. The van der Waals surface area contributed by atoms with Crippen molar-refractivity contribution in [2.45, 2.75) is 18.9 Å². The van der Waals surface area contributed by atoms with E-state index in [0.717, 1.165) is 11.3 Å². The van der Waals surface area contributed by atoms with Crippen LogP contribution in [0.25, 0.3) is 0 Å². The lowest BCUT2D eigenvalue weighted by molar-refractivity contribution is -0.0171. The number of ether oxygens (including phenoxy) is 2. The Kier molecular flexibility index (Phi) is 6.32. The highest BCUT2D eigenvalue weighted by Crippen LogP contribution is 2.31. The molecule has 0 bridgehead atoms. The number of amidine groups is 1. The first-order chi connectivity index (χ1) is 10.7. The van der Waals surface area contributed by atoms with Gasteiger partial charge in [0.15, 0.2) is 12.0 Å². The molecule has 0 amide bonds. The first-order valence-electron chi connectivity index (χ1n) is 6.69. The van der Waals surface area contributed by atoms with Crippen LogP contribution in [-0.2, 0) is 23.6 Å². The van der Waals surface area contributed by atoms with Crippen LogP contribution in [0.5, 0.6) is 5.75 Å². The summed E-state index contributed by atoms with van der Waals surface area (Å²) in [4.78, 5) is 4.22. The van der Waals surface area contributed by atoms with E-state index in [2.05, 4.69) is 4.99 Å². The Morgan fingerprint density at radius 2 is 2.26 bits per heavy atom. The third-order valence-corrected chi connectivity index (χ3v) is 3.98. The summed E-state index contributed by atoms with van der Waals surface area (Å²) >= 11 is 1.33. The molecule has 2 heterocycles. The van der Waals surface area contributed by atoms with Crippen LogP contribution in [0.3, 0.4) is 0 Å². The smallest absolute Gasteiger partial charge is 0.189 e. The van der Waals surface area contributed by atoms with E-state index in [1.54, 1.807) is 12.3 Å². The van der Waals surface area contributed by atoms with Gasteiger partial charge in [0.05, 0.1) is 19.4 Å². The van der Waals surface area contributed by atoms with Crippen molar-refractivity contribution < 1.29 is 18.3 Å². The summed E-state index contributed by atoms with van der Waals surface area (Å²) < 4.78 is 29.4. The number of thioether (sulfide) groups is 1. The molecule has 124 valence electrons. The Morgan fingerprint density at radius 3 is 3.04 bits per heavy atom.